The van der Waals surface area contributed by atoms with Crippen LogP contribution in [0.5, 0.6) is 0 Å². The zero-order valence-corrected chi connectivity index (χ0v) is 25.1. The van der Waals surface area contributed by atoms with E-state index in [2.05, 4.69) is 5.32 Å². The van der Waals surface area contributed by atoms with Gasteiger partial charge >= 0.3 is 0 Å². The summed E-state index contributed by atoms with van der Waals surface area (Å²) in [6.07, 6.45) is 1.66. The first-order chi connectivity index (χ1) is 19.1. The van der Waals surface area contributed by atoms with E-state index in [1.54, 1.807) is 18.2 Å². The van der Waals surface area contributed by atoms with Crippen LogP contribution in [0.25, 0.3) is 0 Å². The van der Waals surface area contributed by atoms with Gasteiger partial charge in [-0.1, -0.05) is 67.9 Å². The Balaban J connectivity index is 2.01. The fourth-order valence-electron chi connectivity index (χ4n) is 4.38. The average molecular weight is 584 g/mol. The topological polar surface area (TPSA) is 86.8 Å². The second-order valence-corrected chi connectivity index (χ2v) is 12.2. The zero-order valence-electron chi connectivity index (χ0n) is 23.5. The summed E-state index contributed by atoms with van der Waals surface area (Å²) in [5.74, 6) is -0.706. The monoisotopic (exact) mass is 583 g/mol. The van der Waals surface area contributed by atoms with Crippen molar-refractivity contribution in [2.45, 2.75) is 63.9 Å². The predicted molar refractivity (Wildman–Crippen MR) is 161 cm³/mol. The second-order valence-electron chi connectivity index (χ2n) is 9.87. The van der Waals surface area contributed by atoms with E-state index in [-0.39, 0.29) is 23.4 Å². The highest BCUT2D eigenvalue weighted by atomic mass is 35.5. The third-order valence-corrected chi connectivity index (χ3v) is 8.88. The zero-order chi connectivity index (χ0) is 29.3. The van der Waals surface area contributed by atoms with Crippen molar-refractivity contribution < 1.29 is 18.0 Å². The maximum atomic E-state index is 14.0. The lowest BCUT2D eigenvalue weighted by molar-refractivity contribution is -0.139. The summed E-state index contributed by atoms with van der Waals surface area (Å²) in [5.41, 5.74) is 2.23. The maximum absolute atomic E-state index is 14.0. The molecule has 3 rings (SSSR count). The van der Waals surface area contributed by atoms with Crippen LogP contribution in [0.2, 0.25) is 5.02 Å². The first-order valence-corrected chi connectivity index (χ1v) is 15.4. The molecule has 3 aromatic carbocycles. The van der Waals surface area contributed by atoms with Crippen molar-refractivity contribution in [3.05, 3.63) is 95.0 Å². The van der Waals surface area contributed by atoms with E-state index in [0.29, 0.717) is 23.6 Å². The van der Waals surface area contributed by atoms with E-state index >= 15 is 0 Å². The first kappa shape index (κ1) is 31.2. The van der Waals surface area contributed by atoms with Gasteiger partial charge in [-0.3, -0.25) is 13.9 Å². The van der Waals surface area contributed by atoms with Gasteiger partial charge in [0.1, 0.15) is 12.6 Å². The SMILES string of the molecule is CC[C@H](C(=O)N[C@@H](C)CC)N(CCc1ccccc1)C(=O)CN(c1cccc(C)c1)S(=O)(=O)c1ccc(Cl)cc1. The third-order valence-electron chi connectivity index (χ3n) is 6.84. The van der Waals surface area contributed by atoms with Crippen LogP contribution < -0.4 is 9.62 Å². The van der Waals surface area contributed by atoms with Crippen LogP contribution in [0, 0.1) is 6.92 Å². The molecule has 9 heteroatoms. The van der Waals surface area contributed by atoms with Gasteiger partial charge in [0.15, 0.2) is 0 Å². The van der Waals surface area contributed by atoms with Gasteiger partial charge in [-0.15, -0.1) is 0 Å². The fraction of sp³-hybridized carbons (Fsp3) is 0.355. The number of nitrogens with zero attached hydrogens (tertiary/aromatic N) is 2. The highest BCUT2D eigenvalue weighted by Crippen LogP contribution is 2.26. The molecule has 3 aromatic rings. The fourth-order valence-corrected chi connectivity index (χ4v) is 5.91. The molecule has 0 fully saturated rings. The molecule has 0 unspecified atom stereocenters. The number of sulfonamides is 1. The maximum Gasteiger partial charge on any atom is 0.264 e. The average Bonchev–Trinajstić information content (AvgIpc) is 2.94. The molecule has 214 valence electrons. The van der Waals surface area contributed by atoms with Crippen LogP contribution in [0.1, 0.15) is 44.7 Å². The molecule has 0 aliphatic carbocycles. The molecule has 0 saturated carbocycles. The molecule has 0 bridgehead atoms. The molecule has 2 amide bonds. The number of anilines is 1. The highest BCUT2D eigenvalue weighted by Gasteiger charge is 2.33. The number of halogens is 1. The molecule has 0 aliphatic heterocycles. The Morgan fingerprint density at radius 3 is 2.20 bits per heavy atom. The molecular weight excluding hydrogens is 546 g/mol. The van der Waals surface area contributed by atoms with Crippen molar-refractivity contribution in [2.75, 3.05) is 17.4 Å². The van der Waals surface area contributed by atoms with Gasteiger partial charge in [0.2, 0.25) is 11.8 Å². The van der Waals surface area contributed by atoms with Gasteiger partial charge in [0, 0.05) is 17.6 Å². The second kappa shape index (κ2) is 14.3. The Kier molecular flexibility index (Phi) is 11.2. The van der Waals surface area contributed by atoms with E-state index in [1.807, 2.05) is 64.1 Å². The number of hydrogen-bond acceptors (Lipinski definition) is 4. The van der Waals surface area contributed by atoms with Gasteiger partial charge < -0.3 is 10.2 Å². The number of carbonyl (C=O) groups excluding carboxylic acids is 2. The Bertz CT molecular complexity index is 1380. The number of carbonyl (C=O) groups is 2. The molecular formula is C31H38ClN3O4S. The molecule has 0 aromatic heterocycles. The molecule has 40 heavy (non-hydrogen) atoms. The van der Waals surface area contributed by atoms with Gasteiger partial charge in [-0.25, -0.2) is 8.42 Å². The van der Waals surface area contributed by atoms with Crippen LogP contribution in [-0.2, 0) is 26.0 Å². The van der Waals surface area contributed by atoms with Crippen molar-refractivity contribution in [1.82, 2.24) is 10.2 Å². The van der Waals surface area contributed by atoms with E-state index in [9.17, 15) is 18.0 Å². The summed E-state index contributed by atoms with van der Waals surface area (Å²) in [6.45, 7) is 7.40. The number of nitrogens with one attached hydrogen (secondary N) is 1. The van der Waals surface area contributed by atoms with Crippen LogP contribution in [0.3, 0.4) is 0 Å². The molecule has 0 aliphatic rings. The molecule has 7 nitrogen and oxygen atoms in total. The van der Waals surface area contributed by atoms with Crippen LogP contribution in [0.4, 0.5) is 5.69 Å². The normalized spacial score (nSPS) is 12.8. The van der Waals surface area contributed by atoms with Crippen LogP contribution in [0.15, 0.2) is 83.8 Å². The quantitative estimate of drug-likeness (QED) is 0.283. The van der Waals surface area contributed by atoms with E-state index in [0.717, 1.165) is 21.9 Å². The molecule has 0 saturated heterocycles. The Morgan fingerprint density at radius 2 is 1.60 bits per heavy atom. The lowest BCUT2D eigenvalue weighted by Crippen LogP contribution is -2.54. The summed E-state index contributed by atoms with van der Waals surface area (Å²) in [6, 6.07) is 21.7. The van der Waals surface area contributed by atoms with Gasteiger partial charge in [0.25, 0.3) is 10.0 Å². The van der Waals surface area contributed by atoms with Gasteiger partial charge in [-0.2, -0.15) is 0 Å². The van der Waals surface area contributed by atoms with Crippen molar-refractivity contribution in [3.8, 4) is 0 Å². The summed E-state index contributed by atoms with van der Waals surface area (Å²) in [7, 11) is -4.13. The minimum absolute atomic E-state index is 0.0172. The minimum atomic E-state index is -4.13. The minimum Gasteiger partial charge on any atom is -0.352 e. The lowest BCUT2D eigenvalue weighted by atomic mass is 10.1. The van der Waals surface area contributed by atoms with Gasteiger partial charge in [-0.05, 0) is 80.6 Å². The molecule has 0 spiro atoms. The third kappa shape index (κ3) is 8.08. The van der Waals surface area contributed by atoms with Crippen molar-refractivity contribution in [2.24, 2.45) is 0 Å². The summed E-state index contributed by atoms with van der Waals surface area (Å²) in [5, 5.41) is 3.40. The molecule has 0 heterocycles. The van der Waals surface area contributed by atoms with E-state index in [4.69, 9.17) is 11.6 Å². The highest BCUT2D eigenvalue weighted by molar-refractivity contribution is 7.92. The van der Waals surface area contributed by atoms with Crippen LogP contribution >= 0.6 is 11.6 Å². The Labute approximate surface area is 243 Å². The molecule has 0 radical (unpaired) electrons. The number of rotatable bonds is 13. The lowest BCUT2D eigenvalue weighted by Gasteiger charge is -2.33. The Hall–Kier alpha value is -3.36. The number of amides is 2. The standard InChI is InChI=1S/C31H38ClN3O4S/c1-5-24(4)33-31(37)29(6-2)34(20-19-25-12-8-7-9-13-25)30(36)22-35(27-14-10-11-23(3)21-27)40(38,39)28-17-15-26(32)16-18-28/h7-18,21,24,29H,5-6,19-20,22H2,1-4H3,(H,33,37)/t24-,29+/m0/s1. The largest absolute Gasteiger partial charge is 0.352 e. The number of hydrogen-bond donors (Lipinski definition) is 1. The van der Waals surface area contributed by atoms with Crippen molar-refractivity contribution in [3.63, 3.8) is 0 Å². The van der Waals surface area contributed by atoms with Crippen molar-refractivity contribution in [1.29, 1.82) is 0 Å². The van der Waals surface area contributed by atoms with E-state index < -0.39 is 28.5 Å². The van der Waals surface area contributed by atoms with Crippen LogP contribution in [-0.4, -0.2) is 50.3 Å². The number of aryl methyl sites for hydroxylation is 1. The molecule has 2 atom stereocenters. The number of benzene rings is 3. The summed E-state index contributed by atoms with van der Waals surface area (Å²) >= 11 is 6.01. The first-order valence-electron chi connectivity index (χ1n) is 13.6. The van der Waals surface area contributed by atoms with Crippen molar-refractivity contribution >= 4 is 39.1 Å². The molecule has 1 N–H and O–H groups in total. The van der Waals surface area contributed by atoms with Gasteiger partial charge in [0.05, 0.1) is 10.6 Å². The van der Waals surface area contributed by atoms with E-state index in [1.165, 1.54) is 29.2 Å². The Morgan fingerprint density at radius 1 is 0.925 bits per heavy atom. The smallest absolute Gasteiger partial charge is 0.264 e. The summed E-state index contributed by atoms with van der Waals surface area (Å²) in [4.78, 5) is 28.9. The summed E-state index contributed by atoms with van der Waals surface area (Å²) < 4.78 is 28.9. The predicted octanol–water partition coefficient (Wildman–Crippen LogP) is 5.61.